The Morgan fingerprint density at radius 3 is 2.38 bits per heavy atom. The monoisotopic (exact) mass is 634 g/mol. The third kappa shape index (κ3) is 5.85. The first-order valence-corrected chi connectivity index (χ1v) is 13.0. The van der Waals surface area contributed by atoms with E-state index in [1.807, 2.05) is 0 Å². The molecule has 4 aromatic rings. The van der Waals surface area contributed by atoms with Crippen LogP contribution in [0.25, 0.3) is 16.9 Å². The van der Waals surface area contributed by atoms with Gasteiger partial charge in [-0.25, -0.2) is 23.1 Å². The maximum Gasteiger partial charge on any atom is 0.393 e. The van der Waals surface area contributed by atoms with E-state index >= 15 is 0 Å². The molecule has 5 rings (SSSR count). The fraction of sp³-hybridized carbons (Fsp3) is 0.360. The molecule has 0 unspecified atom stereocenters. The van der Waals surface area contributed by atoms with Crippen LogP contribution in [0.15, 0.2) is 36.5 Å². The van der Waals surface area contributed by atoms with Gasteiger partial charge in [-0.2, -0.15) is 18.3 Å². The van der Waals surface area contributed by atoms with Gasteiger partial charge < -0.3 is 20.1 Å². The van der Waals surface area contributed by atoms with Gasteiger partial charge in [-0.05, 0) is 36.8 Å². The summed E-state index contributed by atoms with van der Waals surface area (Å²) in [5.74, 6) is -2.03. The van der Waals surface area contributed by atoms with Gasteiger partial charge in [0, 0.05) is 5.56 Å². The number of benzene rings is 2. The molecule has 5 atom stereocenters. The van der Waals surface area contributed by atoms with Gasteiger partial charge in [0.25, 0.3) is 0 Å². The number of rotatable bonds is 6. The second-order valence-electron chi connectivity index (χ2n) is 9.59. The van der Waals surface area contributed by atoms with Crippen molar-refractivity contribution in [1.82, 2.24) is 29.8 Å². The highest BCUT2D eigenvalue weighted by molar-refractivity contribution is 6.32. The minimum absolute atomic E-state index is 0.0165. The highest BCUT2D eigenvalue weighted by atomic mass is 35.5. The van der Waals surface area contributed by atoms with E-state index in [0.717, 1.165) is 21.5 Å². The zero-order chi connectivity index (χ0) is 30.5. The van der Waals surface area contributed by atoms with E-state index in [4.69, 9.17) is 27.9 Å². The van der Waals surface area contributed by atoms with Crippen LogP contribution in [-0.2, 0) is 11.2 Å². The van der Waals surface area contributed by atoms with Gasteiger partial charge >= 0.3 is 6.18 Å². The summed E-state index contributed by atoms with van der Waals surface area (Å²) < 4.78 is 75.2. The molecule has 1 fully saturated rings. The molecule has 42 heavy (non-hydrogen) atoms. The molecule has 2 aromatic heterocycles. The Morgan fingerprint density at radius 2 is 1.74 bits per heavy atom. The van der Waals surface area contributed by atoms with Crippen molar-refractivity contribution in [1.29, 1.82) is 0 Å². The molecular weight excluding hydrogens is 614 g/mol. The normalized spacial score (nSPS) is 23.0. The van der Waals surface area contributed by atoms with Crippen molar-refractivity contribution in [3.8, 4) is 16.9 Å². The van der Waals surface area contributed by atoms with Crippen LogP contribution in [0.5, 0.6) is 0 Å². The summed E-state index contributed by atoms with van der Waals surface area (Å²) in [6, 6.07) is 4.16. The number of aliphatic hydroxyl groups excluding tert-OH is 3. The fourth-order valence-electron chi connectivity index (χ4n) is 4.74. The minimum atomic E-state index is -4.49. The summed E-state index contributed by atoms with van der Waals surface area (Å²) in [5.41, 5.74) is -0.156. The average molecular weight is 635 g/mol. The maximum absolute atomic E-state index is 14.0. The highest BCUT2D eigenvalue weighted by Gasteiger charge is 2.48. The van der Waals surface area contributed by atoms with Crippen molar-refractivity contribution in [2.45, 2.75) is 50.0 Å². The fourth-order valence-corrected chi connectivity index (χ4v) is 5.05. The molecule has 0 bridgehead atoms. The van der Waals surface area contributed by atoms with Crippen LogP contribution in [-0.4, -0.2) is 76.2 Å². The summed E-state index contributed by atoms with van der Waals surface area (Å²) in [7, 11) is 0. The molecule has 0 aliphatic carbocycles. The molecule has 0 spiro atoms. The molecule has 224 valence electrons. The van der Waals surface area contributed by atoms with Crippen molar-refractivity contribution in [3.05, 3.63) is 75.4 Å². The SMILES string of the molecule is Cc1nc([C@@H]2O[C@H](CO)[C@H](O)[C@H](n3cc(-c4cc(F)c(Cl)c(F)c4)nn3)[C@H]2O)n(-c2cc(CC(F)(F)F)ccc2Cl)n1. The maximum atomic E-state index is 14.0. The second-order valence-corrected chi connectivity index (χ2v) is 10.4. The number of nitrogens with zero attached hydrogens (tertiary/aromatic N) is 6. The Labute approximate surface area is 243 Å². The molecule has 0 amide bonds. The number of ether oxygens (including phenoxy) is 1. The van der Waals surface area contributed by atoms with E-state index in [2.05, 4.69) is 20.4 Å². The summed E-state index contributed by atoms with van der Waals surface area (Å²) >= 11 is 11.9. The number of hydrogen-bond acceptors (Lipinski definition) is 8. The lowest BCUT2D eigenvalue weighted by Crippen LogP contribution is -2.53. The van der Waals surface area contributed by atoms with E-state index in [1.54, 1.807) is 0 Å². The number of aromatic nitrogens is 6. The largest absolute Gasteiger partial charge is 0.394 e. The molecule has 3 N–H and O–H groups in total. The van der Waals surface area contributed by atoms with Crippen molar-refractivity contribution < 1.29 is 42.0 Å². The smallest absolute Gasteiger partial charge is 0.393 e. The lowest BCUT2D eigenvalue weighted by atomic mass is 9.92. The molecule has 3 heterocycles. The number of alkyl halides is 3. The Kier molecular flexibility index (Phi) is 8.26. The first-order chi connectivity index (χ1) is 19.8. The third-order valence-electron chi connectivity index (χ3n) is 6.62. The number of aliphatic hydroxyl groups is 3. The number of aryl methyl sites for hydroxylation is 1. The molecule has 2 aromatic carbocycles. The van der Waals surface area contributed by atoms with E-state index in [-0.39, 0.29) is 39.2 Å². The number of halogens is 7. The second kappa shape index (κ2) is 11.5. The molecule has 10 nitrogen and oxygen atoms in total. The van der Waals surface area contributed by atoms with Crippen molar-refractivity contribution in [2.75, 3.05) is 6.61 Å². The minimum Gasteiger partial charge on any atom is -0.394 e. The van der Waals surface area contributed by atoms with Crippen LogP contribution in [0.3, 0.4) is 0 Å². The van der Waals surface area contributed by atoms with Gasteiger partial charge in [-0.3, -0.25) is 0 Å². The molecule has 0 radical (unpaired) electrons. The lowest BCUT2D eigenvalue weighted by molar-refractivity contribution is -0.210. The Morgan fingerprint density at radius 1 is 1.05 bits per heavy atom. The zero-order valence-electron chi connectivity index (χ0n) is 21.3. The van der Waals surface area contributed by atoms with Gasteiger partial charge in [0.2, 0.25) is 0 Å². The summed E-state index contributed by atoms with van der Waals surface area (Å²) in [4.78, 5) is 4.29. The summed E-state index contributed by atoms with van der Waals surface area (Å²) in [5, 5.41) is 43.7. The molecule has 1 aliphatic heterocycles. The van der Waals surface area contributed by atoms with E-state index in [1.165, 1.54) is 31.3 Å². The molecule has 1 saturated heterocycles. The summed E-state index contributed by atoms with van der Waals surface area (Å²) in [6.45, 7) is 0.775. The lowest BCUT2D eigenvalue weighted by Gasteiger charge is -2.41. The van der Waals surface area contributed by atoms with Crippen molar-refractivity contribution >= 4 is 23.2 Å². The van der Waals surface area contributed by atoms with Crippen molar-refractivity contribution in [2.24, 2.45) is 0 Å². The van der Waals surface area contributed by atoms with Crippen LogP contribution in [0.1, 0.15) is 29.4 Å². The van der Waals surface area contributed by atoms with Crippen LogP contribution in [0, 0.1) is 18.6 Å². The molecule has 0 saturated carbocycles. The Bertz CT molecular complexity index is 1590. The predicted molar refractivity (Wildman–Crippen MR) is 137 cm³/mol. The highest BCUT2D eigenvalue weighted by Crippen LogP contribution is 2.39. The van der Waals surface area contributed by atoms with Crippen LogP contribution in [0.4, 0.5) is 22.0 Å². The Hall–Kier alpha value is -3.21. The van der Waals surface area contributed by atoms with E-state index in [9.17, 15) is 37.3 Å². The first kappa shape index (κ1) is 30.3. The van der Waals surface area contributed by atoms with Gasteiger partial charge in [0.1, 0.15) is 58.6 Å². The number of hydrogen-bond donors (Lipinski definition) is 3. The average Bonchev–Trinajstić information content (AvgIpc) is 3.55. The molecule has 17 heteroatoms. The van der Waals surface area contributed by atoms with Crippen LogP contribution in [0.2, 0.25) is 10.0 Å². The third-order valence-corrected chi connectivity index (χ3v) is 7.30. The molecule has 1 aliphatic rings. The van der Waals surface area contributed by atoms with Crippen molar-refractivity contribution in [3.63, 3.8) is 0 Å². The standard InChI is InChI=1S/C25H21Cl2F5N6O4/c1-10-33-24(38(35-10)17-4-11(2-3-13(17)26)7-25(30,31)32)23-22(41)20(21(40)18(9-39)42-23)37-8-16(34-36-37)12-5-14(28)19(27)15(29)6-12/h2-6,8,18,20-23,39-41H,7,9H2,1H3/t18-,20+,21+,22-,23-/m1/s1. The first-order valence-electron chi connectivity index (χ1n) is 12.3. The topological polar surface area (TPSA) is 131 Å². The summed E-state index contributed by atoms with van der Waals surface area (Å²) in [6.07, 6.45) is -10.5. The van der Waals surface area contributed by atoms with Gasteiger partial charge in [0.05, 0.1) is 29.9 Å². The zero-order valence-corrected chi connectivity index (χ0v) is 22.9. The quantitative estimate of drug-likeness (QED) is 0.215. The van der Waals surface area contributed by atoms with Crippen LogP contribution >= 0.6 is 23.2 Å². The van der Waals surface area contributed by atoms with Crippen LogP contribution < -0.4 is 0 Å². The van der Waals surface area contributed by atoms with Gasteiger partial charge in [0.15, 0.2) is 5.82 Å². The van der Waals surface area contributed by atoms with E-state index < -0.39 is 66.3 Å². The van der Waals surface area contributed by atoms with Gasteiger partial charge in [-0.1, -0.05) is 34.5 Å². The Balaban J connectivity index is 1.54. The van der Waals surface area contributed by atoms with E-state index in [0.29, 0.717) is 0 Å². The predicted octanol–water partition coefficient (Wildman–Crippen LogP) is 3.92. The van der Waals surface area contributed by atoms with Gasteiger partial charge in [-0.15, -0.1) is 5.10 Å². The molecular formula is C25H21Cl2F5N6O4.